The Morgan fingerprint density at radius 3 is 1.58 bits per heavy atom. The fraction of sp³-hybridized carbons (Fsp3) is 0.436. The van der Waals surface area contributed by atoms with Gasteiger partial charge in [0.2, 0.25) is 23.6 Å². The molecule has 0 radical (unpaired) electrons. The van der Waals surface area contributed by atoms with Gasteiger partial charge in [0, 0.05) is 5.54 Å². The summed E-state index contributed by atoms with van der Waals surface area (Å²) in [6.45, 7) is 13.6. The largest absolute Gasteiger partial charge is 0.457 e. The van der Waals surface area contributed by atoms with Gasteiger partial charge in [-0.1, -0.05) is 32.9 Å². The summed E-state index contributed by atoms with van der Waals surface area (Å²) in [6, 6.07) is 15.2. The molecule has 262 valence electrons. The first kappa shape index (κ1) is 33.8. The van der Waals surface area contributed by atoms with Gasteiger partial charge in [-0.3, -0.25) is 29.0 Å². The summed E-state index contributed by atoms with van der Waals surface area (Å²) in [5.41, 5.74) is -0.0628. The van der Waals surface area contributed by atoms with Crippen molar-refractivity contribution in [2.24, 2.45) is 35.5 Å². The molecule has 2 saturated carbocycles. The fourth-order valence-electron chi connectivity index (χ4n) is 8.52. The lowest BCUT2D eigenvalue weighted by Gasteiger charge is -2.31. The molecule has 0 spiro atoms. The van der Waals surface area contributed by atoms with E-state index >= 15 is 0 Å². The zero-order valence-corrected chi connectivity index (χ0v) is 28.9. The number of benzene rings is 3. The molecule has 4 amide bonds. The highest BCUT2D eigenvalue weighted by molar-refractivity contribution is 6.23. The van der Waals surface area contributed by atoms with Gasteiger partial charge in [0.15, 0.2) is 0 Å². The van der Waals surface area contributed by atoms with Crippen LogP contribution in [-0.4, -0.2) is 34.1 Å². The zero-order valence-electron chi connectivity index (χ0n) is 28.9. The van der Waals surface area contributed by atoms with Gasteiger partial charge >= 0.3 is 6.18 Å². The Kier molecular flexibility index (Phi) is 7.55. The summed E-state index contributed by atoms with van der Waals surface area (Å²) < 4.78 is 55.0. The van der Waals surface area contributed by atoms with Gasteiger partial charge < -0.3 is 9.47 Å². The van der Waals surface area contributed by atoms with Crippen molar-refractivity contribution in [2.45, 2.75) is 72.0 Å². The molecule has 3 aromatic carbocycles. The number of aryl methyl sites for hydroxylation is 1. The van der Waals surface area contributed by atoms with Crippen LogP contribution in [0.1, 0.15) is 64.7 Å². The number of likely N-dealkylation sites (tertiary alicyclic amines) is 1. The van der Waals surface area contributed by atoms with E-state index in [1.54, 1.807) is 32.9 Å². The van der Waals surface area contributed by atoms with Crippen LogP contribution in [-0.2, 0) is 30.8 Å². The second-order valence-electron chi connectivity index (χ2n) is 15.9. The molecule has 2 saturated heterocycles. The number of amides is 4. The Bertz CT molecular complexity index is 1890. The van der Waals surface area contributed by atoms with Crippen LogP contribution in [0, 0.1) is 42.4 Å². The summed E-state index contributed by atoms with van der Waals surface area (Å²) in [6.07, 6.45) is -4.49. The molecule has 6 unspecified atom stereocenters. The predicted octanol–water partition coefficient (Wildman–Crippen LogP) is 8.05. The van der Waals surface area contributed by atoms with Crippen molar-refractivity contribution < 1.29 is 41.8 Å². The van der Waals surface area contributed by atoms with Crippen molar-refractivity contribution >= 4 is 29.3 Å². The number of fused-ring (bicyclic) bond motifs is 8. The number of carbonyl (C=O) groups is 4. The third-order valence-electron chi connectivity index (χ3n) is 10.7. The van der Waals surface area contributed by atoms with E-state index in [0.717, 1.165) is 28.2 Å². The molecule has 3 aromatic rings. The zero-order chi connectivity index (χ0) is 36.2. The van der Waals surface area contributed by atoms with Crippen LogP contribution in [0.3, 0.4) is 0 Å². The first-order valence-corrected chi connectivity index (χ1v) is 16.8. The summed E-state index contributed by atoms with van der Waals surface area (Å²) in [7, 11) is 0. The summed E-state index contributed by atoms with van der Waals surface area (Å²) in [5.74, 6) is -5.41. The number of hydrogen-bond acceptors (Lipinski definition) is 6. The van der Waals surface area contributed by atoms with Crippen LogP contribution in [0.25, 0.3) is 0 Å². The number of hydrogen-bond donors (Lipinski definition) is 0. The Hall–Kier alpha value is -4.67. The SMILES string of the molecule is Cc1cc(C(C)(C)C)ccc1Oc1ccc(Oc2ccc(N3C(=O)C4C5CC(C4C3=O)C3C(=O)N(C(C)(C)C)C(=O)C53)cc2C(F)(F)F)cc1. The maximum absolute atomic E-state index is 14.4. The van der Waals surface area contributed by atoms with Crippen molar-refractivity contribution in [1.29, 1.82) is 0 Å². The van der Waals surface area contributed by atoms with Crippen molar-refractivity contribution in [2.75, 3.05) is 4.90 Å². The van der Waals surface area contributed by atoms with Crippen molar-refractivity contribution in [1.82, 2.24) is 4.90 Å². The van der Waals surface area contributed by atoms with Crippen molar-refractivity contribution in [3.8, 4) is 23.0 Å². The van der Waals surface area contributed by atoms with Crippen LogP contribution < -0.4 is 14.4 Å². The van der Waals surface area contributed by atoms with Gasteiger partial charge in [-0.05, 0) is 111 Å². The fourth-order valence-corrected chi connectivity index (χ4v) is 8.52. The summed E-state index contributed by atoms with van der Waals surface area (Å²) >= 11 is 0. The van der Waals surface area contributed by atoms with E-state index in [1.807, 2.05) is 19.1 Å². The Balaban J connectivity index is 1.11. The Morgan fingerprint density at radius 1 is 0.640 bits per heavy atom. The number of halogens is 3. The Labute approximate surface area is 288 Å². The second kappa shape index (κ2) is 11.2. The quantitative estimate of drug-likeness (QED) is 0.252. The maximum atomic E-state index is 14.4. The molecule has 2 aliphatic carbocycles. The molecule has 0 N–H and O–H groups in total. The van der Waals surface area contributed by atoms with Crippen molar-refractivity contribution in [3.05, 3.63) is 77.4 Å². The van der Waals surface area contributed by atoms with Gasteiger partial charge in [-0.2, -0.15) is 13.2 Å². The normalized spacial score (nSPS) is 26.2. The number of rotatable bonds is 5. The van der Waals surface area contributed by atoms with Crippen LogP contribution in [0.15, 0.2) is 60.7 Å². The molecule has 4 fully saturated rings. The van der Waals surface area contributed by atoms with Gasteiger partial charge in [0.05, 0.1) is 29.4 Å². The molecule has 6 atom stereocenters. The number of nitrogens with zero attached hydrogens (tertiary/aromatic N) is 2. The molecule has 0 aromatic heterocycles. The molecule has 8 nitrogen and oxygen atoms in total. The number of anilines is 1. The van der Waals surface area contributed by atoms with E-state index in [1.165, 1.54) is 23.1 Å². The molecule has 50 heavy (non-hydrogen) atoms. The maximum Gasteiger partial charge on any atom is 0.420 e. The van der Waals surface area contributed by atoms with Gasteiger partial charge in [0.25, 0.3) is 0 Å². The van der Waals surface area contributed by atoms with E-state index in [0.29, 0.717) is 17.9 Å². The molecular weight excluding hydrogens is 649 g/mol. The predicted molar refractivity (Wildman–Crippen MR) is 178 cm³/mol. The minimum Gasteiger partial charge on any atom is -0.457 e. The van der Waals surface area contributed by atoms with Crippen LogP contribution in [0.4, 0.5) is 18.9 Å². The Morgan fingerprint density at radius 2 is 1.12 bits per heavy atom. The highest BCUT2D eigenvalue weighted by Gasteiger charge is 2.73. The topological polar surface area (TPSA) is 93.2 Å². The minimum atomic E-state index is -4.88. The third-order valence-corrected chi connectivity index (χ3v) is 10.7. The number of alkyl halides is 3. The highest BCUT2D eigenvalue weighted by Crippen LogP contribution is 2.64. The smallest absolute Gasteiger partial charge is 0.420 e. The molecule has 2 aliphatic heterocycles. The monoisotopic (exact) mass is 688 g/mol. The lowest BCUT2D eigenvalue weighted by atomic mass is 9.70. The number of carbonyl (C=O) groups excluding carboxylic acids is 4. The average Bonchev–Trinajstić information content (AvgIpc) is 3.73. The highest BCUT2D eigenvalue weighted by atomic mass is 19.4. The second-order valence-corrected chi connectivity index (χ2v) is 15.9. The summed E-state index contributed by atoms with van der Waals surface area (Å²) in [4.78, 5) is 56.5. The van der Waals surface area contributed by atoms with Gasteiger partial charge in [-0.25, -0.2) is 0 Å². The van der Waals surface area contributed by atoms with Gasteiger partial charge in [0.1, 0.15) is 28.6 Å². The van der Waals surface area contributed by atoms with Gasteiger partial charge in [-0.15, -0.1) is 0 Å². The molecule has 7 rings (SSSR count). The van der Waals surface area contributed by atoms with Crippen molar-refractivity contribution in [3.63, 3.8) is 0 Å². The van der Waals surface area contributed by atoms with Crippen LogP contribution in [0.2, 0.25) is 0 Å². The number of ether oxygens (including phenoxy) is 2. The van der Waals surface area contributed by atoms with E-state index in [2.05, 4.69) is 26.8 Å². The van der Waals surface area contributed by atoms with Crippen LogP contribution in [0.5, 0.6) is 23.0 Å². The van der Waals surface area contributed by atoms with Crippen LogP contribution >= 0.6 is 0 Å². The molecule has 11 heteroatoms. The third kappa shape index (κ3) is 5.27. The lowest BCUT2D eigenvalue weighted by Crippen LogP contribution is -2.47. The molecule has 4 aliphatic rings. The van der Waals surface area contributed by atoms with E-state index in [9.17, 15) is 32.3 Å². The first-order valence-electron chi connectivity index (χ1n) is 16.8. The van der Waals surface area contributed by atoms with E-state index in [4.69, 9.17) is 9.47 Å². The molecular formula is C39H39F3N2O6. The summed E-state index contributed by atoms with van der Waals surface area (Å²) in [5, 5.41) is 0. The standard InChI is InChI=1S/C39H39F3N2O6/c1-19-16-20(37(2,3)4)8-14-27(19)49-22-10-12-23(13-11-22)50-28-15-9-21(17-26(28)39(40,41)42)43-33(45)29-24-18-25(30(29)34(43)46)32-31(24)35(47)44(36(32)48)38(5,6)7/h8-17,24-25,29-32H,18H2,1-7H3. The van der Waals surface area contributed by atoms with E-state index < -0.39 is 70.3 Å². The number of imide groups is 2. The molecule has 2 heterocycles. The average molecular weight is 689 g/mol. The minimum absolute atomic E-state index is 0.0224. The molecule has 2 bridgehead atoms. The lowest BCUT2D eigenvalue weighted by molar-refractivity contribution is -0.146. The van der Waals surface area contributed by atoms with E-state index in [-0.39, 0.29) is 28.7 Å². The first-order chi connectivity index (χ1) is 23.3.